The number of aliphatic hydroxyl groups is 1. The minimum Gasteiger partial charge on any atom is -0.497 e. The van der Waals surface area contributed by atoms with Crippen LogP contribution in [0.3, 0.4) is 0 Å². The average Bonchev–Trinajstić information content (AvgIpc) is 2.26. The predicted octanol–water partition coefficient (Wildman–Crippen LogP) is 3.23. The van der Waals surface area contributed by atoms with Crippen LogP contribution in [-0.4, -0.2) is 24.3 Å². The molecule has 1 aromatic carbocycles. The fourth-order valence-corrected chi connectivity index (χ4v) is 1.43. The second-order valence-corrected chi connectivity index (χ2v) is 3.75. The minimum absolute atomic E-state index is 0.0887. The topological polar surface area (TPSA) is 29.5 Å². The van der Waals surface area contributed by atoms with E-state index in [0.29, 0.717) is 5.75 Å². The van der Waals surface area contributed by atoms with Crippen LogP contribution in [0.25, 0.3) is 0 Å². The molecule has 1 atom stereocenters. The summed E-state index contributed by atoms with van der Waals surface area (Å²) in [6.07, 6.45) is -8.75. The van der Waals surface area contributed by atoms with Crippen molar-refractivity contribution >= 4 is 0 Å². The smallest absolute Gasteiger partial charge is 0.456 e. The summed E-state index contributed by atoms with van der Waals surface area (Å²) in [6, 6.07) is 3.46. The molecular weight excluding hydrogens is 259 g/mol. The maximum Gasteiger partial charge on any atom is 0.456 e. The van der Waals surface area contributed by atoms with Gasteiger partial charge in [0.15, 0.2) is 6.10 Å². The third-order valence-corrected chi connectivity index (χ3v) is 2.49. The molecule has 0 saturated carbocycles. The van der Waals surface area contributed by atoms with E-state index in [9.17, 15) is 27.1 Å². The second kappa shape index (κ2) is 4.72. The van der Waals surface area contributed by atoms with Gasteiger partial charge >= 0.3 is 12.1 Å². The molecule has 0 fully saturated rings. The summed E-state index contributed by atoms with van der Waals surface area (Å²) in [5, 5.41) is 9.22. The molecule has 18 heavy (non-hydrogen) atoms. The summed E-state index contributed by atoms with van der Waals surface area (Å²) in [5.41, 5.74) is -0.399. The highest BCUT2D eigenvalue weighted by molar-refractivity contribution is 5.37. The van der Waals surface area contributed by atoms with Crippen LogP contribution in [0.5, 0.6) is 5.75 Å². The SMILES string of the molecule is COc1ccc(C(O)C(F)(F)C(F)(F)F)c(C)c1. The van der Waals surface area contributed by atoms with E-state index in [1.165, 1.54) is 26.2 Å². The van der Waals surface area contributed by atoms with Crippen molar-refractivity contribution in [3.63, 3.8) is 0 Å². The predicted molar refractivity (Wildman–Crippen MR) is 53.7 cm³/mol. The number of halogens is 5. The van der Waals surface area contributed by atoms with Gasteiger partial charge in [0.1, 0.15) is 5.75 Å². The highest BCUT2D eigenvalue weighted by Gasteiger charge is 2.62. The standard InChI is InChI=1S/C11H11F5O2/c1-6-5-7(18-2)3-4-8(6)9(17)10(12,13)11(14,15)16/h3-5,9,17H,1-2H3. The van der Waals surface area contributed by atoms with Gasteiger partial charge in [-0.15, -0.1) is 0 Å². The number of hydrogen-bond donors (Lipinski definition) is 1. The first-order chi connectivity index (χ1) is 8.11. The van der Waals surface area contributed by atoms with Gasteiger partial charge in [0.25, 0.3) is 0 Å². The van der Waals surface area contributed by atoms with Gasteiger partial charge in [0.05, 0.1) is 7.11 Å². The van der Waals surface area contributed by atoms with Crippen LogP contribution in [0, 0.1) is 6.92 Å². The summed E-state index contributed by atoms with van der Waals surface area (Å²) in [5.74, 6) is -4.90. The molecule has 102 valence electrons. The quantitative estimate of drug-likeness (QED) is 0.854. The maximum atomic E-state index is 13.0. The molecule has 0 aromatic heterocycles. The Labute approximate surface area is 100.0 Å². The Morgan fingerprint density at radius 3 is 2.11 bits per heavy atom. The van der Waals surface area contributed by atoms with Crippen molar-refractivity contribution in [2.45, 2.75) is 25.1 Å². The second-order valence-electron chi connectivity index (χ2n) is 3.75. The number of aliphatic hydroxyl groups excluding tert-OH is 1. The van der Waals surface area contributed by atoms with Gasteiger partial charge in [0.2, 0.25) is 0 Å². The summed E-state index contributed by atoms with van der Waals surface area (Å²) in [7, 11) is 1.33. The molecule has 0 aliphatic rings. The van der Waals surface area contributed by atoms with Crippen molar-refractivity contribution in [2.75, 3.05) is 7.11 Å². The molecule has 0 bridgehead atoms. The van der Waals surface area contributed by atoms with Crippen molar-refractivity contribution in [3.05, 3.63) is 29.3 Å². The normalized spacial score (nSPS) is 14.4. The molecule has 0 aliphatic heterocycles. The van der Waals surface area contributed by atoms with Crippen molar-refractivity contribution in [1.82, 2.24) is 0 Å². The van der Waals surface area contributed by atoms with Crippen LogP contribution in [-0.2, 0) is 0 Å². The zero-order valence-corrected chi connectivity index (χ0v) is 9.55. The van der Waals surface area contributed by atoms with Gasteiger partial charge in [-0.1, -0.05) is 6.07 Å². The molecule has 1 rings (SSSR count). The van der Waals surface area contributed by atoms with Crippen LogP contribution >= 0.6 is 0 Å². The Morgan fingerprint density at radius 1 is 1.17 bits per heavy atom. The average molecular weight is 270 g/mol. The van der Waals surface area contributed by atoms with Crippen molar-refractivity contribution < 1.29 is 31.8 Å². The fourth-order valence-electron chi connectivity index (χ4n) is 1.43. The van der Waals surface area contributed by atoms with Crippen LogP contribution in [0.4, 0.5) is 22.0 Å². The number of methoxy groups -OCH3 is 1. The Bertz CT molecular complexity index is 428. The number of aryl methyl sites for hydroxylation is 1. The van der Waals surface area contributed by atoms with E-state index in [2.05, 4.69) is 0 Å². The van der Waals surface area contributed by atoms with Crippen molar-refractivity contribution in [1.29, 1.82) is 0 Å². The molecule has 7 heteroatoms. The Morgan fingerprint density at radius 2 is 1.72 bits per heavy atom. The lowest BCUT2D eigenvalue weighted by Crippen LogP contribution is -2.42. The van der Waals surface area contributed by atoms with E-state index in [1.54, 1.807) is 0 Å². The lowest BCUT2D eigenvalue weighted by Gasteiger charge is -2.26. The third kappa shape index (κ3) is 2.55. The number of benzene rings is 1. The summed E-state index contributed by atoms with van der Waals surface area (Å²) in [6.45, 7) is 1.31. The van der Waals surface area contributed by atoms with E-state index >= 15 is 0 Å². The van der Waals surface area contributed by atoms with Crippen molar-refractivity contribution in [2.24, 2.45) is 0 Å². The Hall–Kier alpha value is -1.37. The molecule has 1 aromatic rings. The first-order valence-corrected chi connectivity index (χ1v) is 4.88. The van der Waals surface area contributed by atoms with Crippen LogP contribution in [0.2, 0.25) is 0 Å². The largest absolute Gasteiger partial charge is 0.497 e. The van der Waals surface area contributed by atoms with E-state index in [0.717, 1.165) is 6.07 Å². The Kier molecular flexibility index (Phi) is 3.85. The van der Waals surface area contributed by atoms with Gasteiger partial charge in [-0.05, 0) is 30.2 Å². The molecule has 1 N–H and O–H groups in total. The first kappa shape index (κ1) is 14.7. The molecule has 0 spiro atoms. The molecular formula is C11H11F5O2. The highest BCUT2D eigenvalue weighted by Crippen LogP contribution is 2.45. The molecule has 0 saturated heterocycles. The molecule has 0 heterocycles. The summed E-state index contributed by atoms with van der Waals surface area (Å²) >= 11 is 0. The molecule has 2 nitrogen and oxygen atoms in total. The molecule has 1 unspecified atom stereocenters. The number of rotatable bonds is 3. The zero-order chi connectivity index (χ0) is 14.1. The van der Waals surface area contributed by atoms with E-state index in [-0.39, 0.29) is 5.56 Å². The summed E-state index contributed by atoms with van der Waals surface area (Å²) in [4.78, 5) is 0. The van der Waals surface area contributed by atoms with Crippen LogP contribution in [0.1, 0.15) is 17.2 Å². The monoisotopic (exact) mass is 270 g/mol. The lowest BCUT2D eigenvalue weighted by atomic mass is 9.98. The minimum atomic E-state index is -5.81. The fraction of sp³-hybridized carbons (Fsp3) is 0.455. The van der Waals surface area contributed by atoms with E-state index < -0.39 is 23.8 Å². The van der Waals surface area contributed by atoms with E-state index in [1.807, 2.05) is 0 Å². The van der Waals surface area contributed by atoms with Crippen molar-refractivity contribution in [3.8, 4) is 5.75 Å². The van der Waals surface area contributed by atoms with E-state index in [4.69, 9.17) is 4.74 Å². The van der Waals surface area contributed by atoms with Gasteiger partial charge in [-0.25, -0.2) is 0 Å². The summed E-state index contributed by atoms with van der Waals surface area (Å²) < 4.78 is 67.1. The van der Waals surface area contributed by atoms with Gasteiger partial charge in [-0.2, -0.15) is 22.0 Å². The van der Waals surface area contributed by atoms with Gasteiger partial charge < -0.3 is 9.84 Å². The molecule has 0 amide bonds. The van der Waals surface area contributed by atoms with Crippen LogP contribution in [0.15, 0.2) is 18.2 Å². The number of hydrogen-bond acceptors (Lipinski definition) is 2. The van der Waals surface area contributed by atoms with Gasteiger partial charge in [-0.3, -0.25) is 0 Å². The number of ether oxygens (including phenoxy) is 1. The van der Waals surface area contributed by atoms with Crippen LogP contribution < -0.4 is 4.74 Å². The first-order valence-electron chi connectivity index (χ1n) is 4.88. The molecule has 0 aliphatic carbocycles. The Balaban J connectivity index is 3.15. The van der Waals surface area contributed by atoms with Gasteiger partial charge in [0, 0.05) is 0 Å². The highest BCUT2D eigenvalue weighted by atomic mass is 19.4. The lowest BCUT2D eigenvalue weighted by molar-refractivity contribution is -0.315. The molecule has 0 radical (unpaired) electrons. The zero-order valence-electron chi connectivity index (χ0n) is 9.55. The maximum absolute atomic E-state index is 13.0. The number of alkyl halides is 5. The third-order valence-electron chi connectivity index (χ3n) is 2.49.